The van der Waals surface area contributed by atoms with E-state index in [1.54, 1.807) is 0 Å². The lowest BCUT2D eigenvalue weighted by Crippen LogP contribution is -2.15. The summed E-state index contributed by atoms with van der Waals surface area (Å²) in [5, 5.41) is 3.41. The van der Waals surface area contributed by atoms with E-state index < -0.39 is 0 Å². The summed E-state index contributed by atoms with van der Waals surface area (Å²) in [7, 11) is 0. The lowest BCUT2D eigenvalue weighted by molar-refractivity contribution is 0.434. The van der Waals surface area contributed by atoms with Gasteiger partial charge in [-0.25, -0.2) is 4.98 Å². The summed E-state index contributed by atoms with van der Waals surface area (Å²) < 4.78 is 5.74. The quantitative estimate of drug-likeness (QED) is 0.863. The van der Waals surface area contributed by atoms with Crippen molar-refractivity contribution in [3.05, 3.63) is 53.2 Å². The number of nitrogens with one attached hydrogen (secondary N) is 1. The molecule has 1 aromatic carbocycles. The number of nitrogens with zero attached hydrogens (tertiary/aromatic N) is 1. The van der Waals surface area contributed by atoms with E-state index in [1.807, 2.05) is 6.20 Å². The van der Waals surface area contributed by atoms with Gasteiger partial charge in [-0.2, -0.15) is 0 Å². The predicted molar refractivity (Wildman–Crippen MR) is 75.0 cm³/mol. The van der Waals surface area contributed by atoms with Crippen molar-refractivity contribution in [2.45, 2.75) is 45.2 Å². The highest BCUT2D eigenvalue weighted by molar-refractivity contribution is 5.22. The molecule has 19 heavy (non-hydrogen) atoms. The van der Waals surface area contributed by atoms with Crippen LogP contribution in [-0.2, 0) is 19.4 Å². The largest absolute Gasteiger partial charge is 0.444 e. The Morgan fingerprint density at radius 1 is 1.32 bits per heavy atom. The number of rotatable bonds is 6. The van der Waals surface area contributed by atoms with Gasteiger partial charge in [0.1, 0.15) is 5.76 Å². The molecule has 1 fully saturated rings. The van der Waals surface area contributed by atoms with Gasteiger partial charge >= 0.3 is 0 Å². The highest BCUT2D eigenvalue weighted by Crippen LogP contribution is 2.19. The molecular weight excluding hydrogens is 236 g/mol. The Morgan fingerprint density at radius 2 is 2.21 bits per heavy atom. The summed E-state index contributed by atoms with van der Waals surface area (Å²) in [6.45, 7) is 2.88. The molecule has 1 aliphatic rings. The predicted octanol–water partition coefficient (Wildman–Crippen LogP) is 3.02. The van der Waals surface area contributed by atoms with Crippen LogP contribution in [-0.4, -0.2) is 11.0 Å². The molecule has 0 saturated heterocycles. The van der Waals surface area contributed by atoms with Crippen molar-refractivity contribution < 1.29 is 4.42 Å². The third kappa shape index (κ3) is 3.67. The van der Waals surface area contributed by atoms with E-state index in [9.17, 15) is 0 Å². The Morgan fingerprint density at radius 3 is 3.00 bits per heavy atom. The van der Waals surface area contributed by atoms with Crippen LogP contribution >= 0.6 is 0 Å². The van der Waals surface area contributed by atoms with Crippen LogP contribution in [0, 0.1) is 6.92 Å². The molecule has 1 saturated carbocycles. The first-order chi connectivity index (χ1) is 9.29. The average Bonchev–Trinajstić information content (AvgIpc) is 3.13. The van der Waals surface area contributed by atoms with Crippen molar-refractivity contribution >= 4 is 0 Å². The van der Waals surface area contributed by atoms with Gasteiger partial charge in [-0.15, -0.1) is 0 Å². The van der Waals surface area contributed by atoms with Crippen molar-refractivity contribution in [3.63, 3.8) is 0 Å². The number of benzene rings is 1. The number of aryl methyl sites for hydroxylation is 3. The molecule has 0 radical (unpaired) electrons. The Bertz CT molecular complexity index is 543. The smallest absolute Gasteiger partial charge is 0.208 e. The van der Waals surface area contributed by atoms with Gasteiger partial charge in [-0.05, 0) is 31.7 Å². The summed E-state index contributed by atoms with van der Waals surface area (Å²) >= 11 is 0. The van der Waals surface area contributed by atoms with Gasteiger partial charge in [-0.1, -0.05) is 29.8 Å². The minimum absolute atomic E-state index is 0.697. The van der Waals surface area contributed by atoms with Crippen molar-refractivity contribution in [1.82, 2.24) is 10.3 Å². The second-order valence-electron chi connectivity index (χ2n) is 5.36. The Kier molecular flexibility index (Phi) is 3.65. The van der Waals surface area contributed by atoms with Gasteiger partial charge in [0.15, 0.2) is 0 Å². The Balaban J connectivity index is 1.51. The first-order valence-corrected chi connectivity index (χ1v) is 7.02. The third-order valence-corrected chi connectivity index (χ3v) is 3.46. The molecule has 3 heteroatoms. The van der Waals surface area contributed by atoms with Crippen molar-refractivity contribution in [3.8, 4) is 0 Å². The number of aromatic nitrogens is 1. The zero-order valence-electron chi connectivity index (χ0n) is 11.4. The van der Waals surface area contributed by atoms with E-state index in [1.165, 1.54) is 24.0 Å². The molecule has 0 bridgehead atoms. The number of hydrogen-bond acceptors (Lipinski definition) is 3. The highest BCUT2D eigenvalue weighted by atomic mass is 16.4. The van der Waals surface area contributed by atoms with E-state index in [4.69, 9.17) is 4.42 Å². The maximum Gasteiger partial charge on any atom is 0.208 e. The Labute approximate surface area is 114 Å². The first-order valence-electron chi connectivity index (χ1n) is 7.02. The third-order valence-electron chi connectivity index (χ3n) is 3.46. The maximum atomic E-state index is 5.74. The van der Waals surface area contributed by atoms with Gasteiger partial charge in [0, 0.05) is 12.5 Å². The van der Waals surface area contributed by atoms with Crippen LogP contribution in [0.1, 0.15) is 35.6 Å². The molecule has 100 valence electrons. The van der Waals surface area contributed by atoms with Gasteiger partial charge in [0.05, 0.1) is 12.7 Å². The van der Waals surface area contributed by atoms with Crippen LogP contribution in [0.2, 0.25) is 0 Å². The molecule has 1 aromatic heterocycles. The standard InChI is InChI=1S/C16H20N2O/c1-12-3-2-4-13(9-12)5-8-15-10-18-16(19-15)11-17-14-6-7-14/h2-4,9-10,14,17H,5-8,11H2,1H3. The molecule has 1 heterocycles. The van der Waals surface area contributed by atoms with E-state index in [0.29, 0.717) is 6.04 Å². The lowest BCUT2D eigenvalue weighted by Gasteiger charge is -2.01. The van der Waals surface area contributed by atoms with Crippen LogP contribution in [0.5, 0.6) is 0 Å². The molecule has 0 unspecified atom stereocenters. The fraction of sp³-hybridized carbons (Fsp3) is 0.438. The SMILES string of the molecule is Cc1cccc(CCc2cnc(CNC3CC3)o2)c1. The zero-order chi connectivity index (χ0) is 13.1. The topological polar surface area (TPSA) is 38.1 Å². The fourth-order valence-electron chi connectivity index (χ4n) is 2.20. The molecule has 0 amide bonds. The van der Waals surface area contributed by atoms with Crippen molar-refractivity contribution in [2.24, 2.45) is 0 Å². The number of hydrogen-bond donors (Lipinski definition) is 1. The second-order valence-corrected chi connectivity index (χ2v) is 5.36. The summed E-state index contributed by atoms with van der Waals surface area (Å²) in [5.41, 5.74) is 2.67. The normalized spacial score (nSPS) is 14.8. The monoisotopic (exact) mass is 256 g/mol. The van der Waals surface area contributed by atoms with E-state index >= 15 is 0 Å². The summed E-state index contributed by atoms with van der Waals surface area (Å²) in [6, 6.07) is 9.32. The average molecular weight is 256 g/mol. The van der Waals surface area contributed by atoms with Crippen molar-refractivity contribution in [2.75, 3.05) is 0 Å². The summed E-state index contributed by atoms with van der Waals surface area (Å²) in [4.78, 5) is 4.32. The molecule has 1 aliphatic carbocycles. The second kappa shape index (κ2) is 5.57. The van der Waals surface area contributed by atoms with Crippen LogP contribution in [0.4, 0.5) is 0 Å². The van der Waals surface area contributed by atoms with Gasteiger partial charge in [0.2, 0.25) is 5.89 Å². The van der Waals surface area contributed by atoms with E-state index in [-0.39, 0.29) is 0 Å². The molecule has 0 atom stereocenters. The summed E-state index contributed by atoms with van der Waals surface area (Å²) in [5.74, 6) is 1.79. The minimum Gasteiger partial charge on any atom is -0.444 e. The van der Waals surface area contributed by atoms with Gasteiger partial charge in [-0.3, -0.25) is 0 Å². The fourth-order valence-corrected chi connectivity index (χ4v) is 2.20. The Hall–Kier alpha value is -1.61. The zero-order valence-corrected chi connectivity index (χ0v) is 11.4. The number of oxazole rings is 1. The molecule has 1 N–H and O–H groups in total. The molecule has 3 rings (SSSR count). The van der Waals surface area contributed by atoms with Gasteiger partial charge in [0.25, 0.3) is 0 Å². The minimum atomic E-state index is 0.697. The van der Waals surface area contributed by atoms with Crippen LogP contribution in [0.25, 0.3) is 0 Å². The van der Waals surface area contributed by atoms with E-state index in [2.05, 4.69) is 41.5 Å². The highest BCUT2D eigenvalue weighted by Gasteiger charge is 2.20. The van der Waals surface area contributed by atoms with E-state index in [0.717, 1.165) is 31.0 Å². The molecule has 0 aliphatic heterocycles. The van der Waals surface area contributed by atoms with Crippen molar-refractivity contribution in [1.29, 1.82) is 0 Å². The summed E-state index contributed by atoms with van der Waals surface area (Å²) in [6.07, 6.45) is 6.37. The maximum absolute atomic E-state index is 5.74. The molecule has 2 aromatic rings. The molecule has 0 spiro atoms. The van der Waals surface area contributed by atoms with Gasteiger partial charge < -0.3 is 9.73 Å². The lowest BCUT2D eigenvalue weighted by atomic mass is 10.1. The van der Waals surface area contributed by atoms with Crippen LogP contribution < -0.4 is 5.32 Å². The first kappa shape index (κ1) is 12.4. The molecular formula is C16H20N2O. The molecule has 3 nitrogen and oxygen atoms in total. The van der Waals surface area contributed by atoms with Crippen LogP contribution in [0.3, 0.4) is 0 Å². The van der Waals surface area contributed by atoms with Crippen LogP contribution in [0.15, 0.2) is 34.9 Å².